The molecule has 1 N–H and O–H groups in total. The van der Waals surface area contributed by atoms with Crippen molar-refractivity contribution in [3.8, 4) is 17.2 Å². The van der Waals surface area contributed by atoms with Gasteiger partial charge < -0.3 is 43.4 Å². The van der Waals surface area contributed by atoms with Gasteiger partial charge in [-0.25, -0.2) is 9.59 Å². The molecule has 0 spiro atoms. The van der Waals surface area contributed by atoms with Crippen LogP contribution in [0, 0.1) is 13.8 Å². The van der Waals surface area contributed by atoms with Crippen molar-refractivity contribution in [1.82, 2.24) is 10.2 Å². The minimum absolute atomic E-state index is 0.00981. The molecule has 3 aromatic carbocycles. The smallest absolute Gasteiger partial charge is 0.410 e. The Kier molecular flexibility index (Phi) is 12.4. The number of hydrogen-bond donors (Lipinski definition) is 1. The summed E-state index contributed by atoms with van der Waals surface area (Å²) < 4.78 is 37.9. The van der Waals surface area contributed by atoms with Crippen LogP contribution < -0.4 is 19.5 Å². The molecule has 0 aliphatic carbocycles. The summed E-state index contributed by atoms with van der Waals surface area (Å²) in [5.41, 5.74) is 1.81. The van der Waals surface area contributed by atoms with Gasteiger partial charge in [-0.2, -0.15) is 0 Å². The minimum atomic E-state index is -0.899. The first kappa shape index (κ1) is 37.7. The van der Waals surface area contributed by atoms with Gasteiger partial charge in [0, 0.05) is 31.9 Å². The van der Waals surface area contributed by atoms with E-state index in [1.165, 1.54) is 50.5 Å². The molecule has 0 saturated carbocycles. The maximum absolute atomic E-state index is 13.5. The molecular formula is C37H44N2O11. The molecular weight excluding hydrogens is 648 g/mol. The number of benzene rings is 3. The molecule has 0 aromatic heterocycles. The van der Waals surface area contributed by atoms with Gasteiger partial charge in [0.25, 0.3) is 5.91 Å². The second-order valence-electron chi connectivity index (χ2n) is 12.7. The van der Waals surface area contributed by atoms with Gasteiger partial charge in [0.15, 0.2) is 19.4 Å². The first-order valence-electron chi connectivity index (χ1n) is 15.9. The summed E-state index contributed by atoms with van der Waals surface area (Å²) in [6.45, 7) is 8.94. The number of hydrogen-bond acceptors (Lipinski definition) is 11. The van der Waals surface area contributed by atoms with E-state index in [9.17, 15) is 19.2 Å². The van der Waals surface area contributed by atoms with Gasteiger partial charge in [-0.1, -0.05) is 12.1 Å². The number of carbonyl (C=O) groups excluding carboxylic acids is 4. The number of aryl methyl sites for hydroxylation is 2. The van der Waals surface area contributed by atoms with Crippen LogP contribution in [0.2, 0.25) is 0 Å². The lowest BCUT2D eigenvalue weighted by atomic mass is 10.0. The summed E-state index contributed by atoms with van der Waals surface area (Å²) in [6, 6.07) is 13.4. The highest BCUT2D eigenvalue weighted by Gasteiger charge is 2.40. The number of ketones is 1. The van der Waals surface area contributed by atoms with E-state index < -0.39 is 35.7 Å². The van der Waals surface area contributed by atoms with Crippen molar-refractivity contribution >= 4 is 23.8 Å². The molecule has 2 unspecified atom stereocenters. The van der Waals surface area contributed by atoms with Crippen LogP contribution in [-0.2, 0) is 18.9 Å². The second kappa shape index (κ2) is 16.5. The Morgan fingerprint density at radius 2 is 1.42 bits per heavy atom. The third kappa shape index (κ3) is 9.51. The Hall–Kier alpha value is -5.14. The summed E-state index contributed by atoms with van der Waals surface area (Å²) in [5, 5.41) is 2.93. The second-order valence-corrected chi connectivity index (χ2v) is 12.7. The molecule has 1 aliphatic heterocycles. The largest absolute Gasteiger partial charge is 0.497 e. The van der Waals surface area contributed by atoms with Crippen molar-refractivity contribution in [3.05, 3.63) is 88.0 Å². The zero-order valence-electron chi connectivity index (χ0n) is 29.6. The van der Waals surface area contributed by atoms with E-state index in [1.807, 2.05) is 13.8 Å². The molecule has 1 saturated heterocycles. The SMILES string of the molecule is COCOc1ccc(OC)cc1C(=O)c1ccc(C(=O)OC2CN(C(=O)OC(C)(C)C)CC2NC(=O)c2cc(C)c(OCOC)c(C)c2)cc1. The van der Waals surface area contributed by atoms with E-state index >= 15 is 0 Å². The van der Waals surface area contributed by atoms with Crippen molar-refractivity contribution in [2.24, 2.45) is 0 Å². The van der Waals surface area contributed by atoms with Crippen LogP contribution in [0.4, 0.5) is 4.79 Å². The van der Waals surface area contributed by atoms with E-state index in [4.69, 9.17) is 33.2 Å². The fraction of sp³-hybridized carbons (Fsp3) is 0.405. The van der Waals surface area contributed by atoms with Crippen LogP contribution in [0.15, 0.2) is 54.6 Å². The number of esters is 1. The Labute approximate surface area is 291 Å². The van der Waals surface area contributed by atoms with Gasteiger partial charge in [-0.15, -0.1) is 0 Å². The molecule has 13 heteroatoms. The lowest BCUT2D eigenvalue weighted by Gasteiger charge is -2.24. The molecule has 1 aliphatic rings. The maximum Gasteiger partial charge on any atom is 0.410 e. The summed E-state index contributed by atoms with van der Waals surface area (Å²) in [6.07, 6.45) is -1.50. The molecule has 2 amide bonds. The summed E-state index contributed by atoms with van der Waals surface area (Å²) >= 11 is 0. The normalized spacial score (nSPS) is 15.6. The van der Waals surface area contributed by atoms with Crippen LogP contribution >= 0.6 is 0 Å². The minimum Gasteiger partial charge on any atom is -0.497 e. The number of likely N-dealkylation sites (tertiary alicyclic amines) is 1. The van der Waals surface area contributed by atoms with Gasteiger partial charge in [-0.3, -0.25) is 9.59 Å². The fourth-order valence-electron chi connectivity index (χ4n) is 5.37. The molecule has 1 heterocycles. The van der Waals surface area contributed by atoms with Crippen LogP contribution in [0.3, 0.4) is 0 Å². The number of carbonyl (C=O) groups is 4. The molecule has 50 heavy (non-hydrogen) atoms. The van der Waals surface area contributed by atoms with Crippen molar-refractivity contribution in [2.45, 2.75) is 52.4 Å². The van der Waals surface area contributed by atoms with Crippen molar-refractivity contribution in [1.29, 1.82) is 0 Å². The number of nitrogens with zero attached hydrogens (tertiary/aromatic N) is 1. The number of rotatable bonds is 13. The van der Waals surface area contributed by atoms with Crippen LogP contribution in [0.25, 0.3) is 0 Å². The first-order valence-corrected chi connectivity index (χ1v) is 15.9. The highest BCUT2D eigenvalue weighted by molar-refractivity contribution is 6.11. The quantitative estimate of drug-likeness (QED) is 0.145. The molecule has 2 atom stereocenters. The molecule has 1 fully saturated rings. The Morgan fingerprint density at radius 1 is 0.800 bits per heavy atom. The zero-order valence-corrected chi connectivity index (χ0v) is 29.6. The van der Waals surface area contributed by atoms with Crippen LogP contribution in [-0.4, -0.2) is 94.4 Å². The fourth-order valence-corrected chi connectivity index (χ4v) is 5.37. The molecule has 13 nitrogen and oxygen atoms in total. The predicted octanol–water partition coefficient (Wildman–Crippen LogP) is 5.08. The third-order valence-corrected chi connectivity index (χ3v) is 7.68. The van der Waals surface area contributed by atoms with Crippen molar-refractivity contribution in [2.75, 3.05) is 48.0 Å². The van der Waals surface area contributed by atoms with E-state index in [0.717, 1.165) is 11.1 Å². The summed E-state index contributed by atoms with van der Waals surface area (Å²) in [7, 11) is 4.49. The third-order valence-electron chi connectivity index (χ3n) is 7.68. The van der Waals surface area contributed by atoms with Gasteiger partial charge in [-0.05, 0) is 88.2 Å². The Balaban J connectivity index is 1.52. The number of amides is 2. The molecule has 268 valence electrons. The maximum atomic E-state index is 13.5. The van der Waals surface area contributed by atoms with E-state index in [1.54, 1.807) is 51.1 Å². The number of nitrogens with one attached hydrogen (secondary N) is 1. The lowest BCUT2D eigenvalue weighted by Crippen LogP contribution is -2.45. The van der Waals surface area contributed by atoms with Crippen molar-refractivity contribution in [3.63, 3.8) is 0 Å². The standard InChI is InChI=1S/C37H44N2O11/c1-22-15-26(16-23(2)33(22)48-21-45-7)34(41)38-29-18-39(36(43)50-37(3,4)5)19-31(29)49-35(42)25-11-9-24(10-12-25)32(40)28-17-27(46-8)13-14-30(28)47-20-44-6/h9-17,29,31H,18-21H2,1-8H3,(H,38,41). The highest BCUT2D eigenvalue weighted by atomic mass is 16.7. The van der Waals surface area contributed by atoms with Gasteiger partial charge >= 0.3 is 12.1 Å². The van der Waals surface area contributed by atoms with Crippen LogP contribution in [0.1, 0.15) is 68.5 Å². The van der Waals surface area contributed by atoms with E-state index in [-0.39, 0.29) is 43.6 Å². The zero-order chi connectivity index (χ0) is 36.6. The molecule has 4 rings (SSSR count). The van der Waals surface area contributed by atoms with E-state index in [0.29, 0.717) is 28.4 Å². The Bertz CT molecular complexity index is 1680. The summed E-state index contributed by atoms with van der Waals surface area (Å²) in [5.74, 6) is -0.0773. The Morgan fingerprint density at radius 3 is 2.02 bits per heavy atom. The lowest BCUT2D eigenvalue weighted by molar-refractivity contribution is 0.0178. The predicted molar refractivity (Wildman–Crippen MR) is 182 cm³/mol. The van der Waals surface area contributed by atoms with Gasteiger partial charge in [0.2, 0.25) is 0 Å². The number of methoxy groups -OCH3 is 3. The topological polar surface area (TPSA) is 148 Å². The highest BCUT2D eigenvalue weighted by Crippen LogP contribution is 2.28. The monoisotopic (exact) mass is 692 g/mol. The number of ether oxygens (including phenoxy) is 7. The van der Waals surface area contributed by atoms with Crippen molar-refractivity contribution < 1.29 is 52.3 Å². The average Bonchev–Trinajstić information content (AvgIpc) is 3.47. The molecule has 3 aromatic rings. The van der Waals surface area contributed by atoms with Crippen LogP contribution in [0.5, 0.6) is 17.2 Å². The molecule has 0 bridgehead atoms. The molecule has 0 radical (unpaired) electrons. The van der Waals surface area contributed by atoms with Gasteiger partial charge in [0.05, 0.1) is 30.8 Å². The summed E-state index contributed by atoms with van der Waals surface area (Å²) in [4.78, 5) is 54.7. The first-order chi connectivity index (χ1) is 23.7. The van der Waals surface area contributed by atoms with Gasteiger partial charge in [0.1, 0.15) is 29.0 Å². The van der Waals surface area contributed by atoms with E-state index in [2.05, 4.69) is 5.32 Å². The average molecular weight is 693 g/mol.